The van der Waals surface area contributed by atoms with Gasteiger partial charge in [0.1, 0.15) is 0 Å². The first-order chi connectivity index (χ1) is 12.8. The van der Waals surface area contributed by atoms with E-state index in [-0.39, 0.29) is 0 Å². The van der Waals surface area contributed by atoms with E-state index in [1.165, 1.54) is 16.7 Å². The van der Waals surface area contributed by atoms with Crippen molar-refractivity contribution in [3.05, 3.63) is 108 Å². The fraction of sp³-hybridized carbons (Fsp3) is 0.0417. The summed E-state index contributed by atoms with van der Waals surface area (Å²) in [7, 11) is 0. The third kappa shape index (κ3) is 5.40. The van der Waals surface area contributed by atoms with Crippen molar-refractivity contribution in [2.45, 2.75) is 6.42 Å². The van der Waals surface area contributed by atoms with Crippen LogP contribution in [-0.2, 0) is 6.42 Å². The van der Waals surface area contributed by atoms with Gasteiger partial charge in [-0.3, -0.25) is 0 Å². The molecule has 0 radical (unpaired) electrons. The maximum absolute atomic E-state index is 5.77. The maximum Gasteiger partial charge on any atom is 0.0554 e. The molecule has 3 aromatic rings. The molecule has 0 fully saturated rings. The van der Waals surface area contributed by atoms with Gasteiger partial charge in [-0.1, -0.05) is 78.6 Å². The molecule has 0 aliphatic heterocycles. The van der Waals surface area contributed by atoms with Crippen molar-refractivity contribution in [3.63, 3.8) is 0 Å². The average Bonchev–Trinajstić information content (AvgIpc) is 2.69. The van der Waals surface area contributed by atoms with E-state index >= 15 is 0 Å². The van der Waals surface area contributed by atoms with Gasteiger partial charge in [-0.2, -0.15) is 0 Å². The topological polar surface area (TPSA) is 23.9 Å². The van der Waals surface area contributed by atoms with Crippen molar-refractivity contribution in [1.82, 2.24) is 0 Å². The molecule has 0 aliphatic carbocycles. The number of isothiocyanates is 1. The number of benzene rings is 3. The minimum absolute atomic E-state index is 0.858. The second-order valence-corrected chi connectivity index (χ2v) is 5.62. The second kappa shape index (κ2) is 10.6. The Bertz CT molecular complexity index is 956. The van der Waals surface area contributed by atoms with Crippen molar-refractivity contribution >= 4 is 17.4 Å². The largest absolute Gasteiger partial charge is 0.248 e. The Kier molecular flexibility index (Phi) is 7.77. The Morgan fingerprint density at radius 3 is 2.08 bits per heavy atom. The van der Waals surface area contributed by atoms with Crippen LogP contribution in [0, 0.1) is 17.3 Å². The zero-order chi connectivity index (χ0) is 18.6. The SMILES string of the molecule is C=CCc1ccccc1-c1ccccc1C#Cc1ccccc1.N=C=S. The van der Waals surface area contributed by atoms with Crippen LogP contribution in [0.1, 0.15) is 16.7 Å². The molecule has 0 saturated heterocycles. The van der Waals surface area contributed by atoms with Crippen LogP contribution in [0.25, 0.3) is 11.1 Å². The van der Waals surface area contributed by atoms with E-state index in [1.807, 2.05) is 42.5 Å². The highest BCUT2D eigenvalue weighted by atomic mass is 32.1. The van der Waals surface area contributed by atoms with Crippen molar-refractivity contribution in [2.24, 2.45) is 0 Å². The summed E-state index contributed by atoms with van der Waals surface area (Å²) >= 11 is 3.81. The summed E-state index contributed by atoms with van der Waals surface area (Å²) in [5.41, 5.74) is 5.75. The monoisotopic (exact) mass is 353 g/mol. The van der Waals surface area contributed by atoms with Crippen molar-refractivity contribution < 1.29 is 0 Å². The predicted octanol–water partition coefficient (Wildman–Crippen LogP) is 6.15. The summed E-state index contributed by atoms with van der Waals surface area (Å²) in [5.74, 6) is 6.57. The molecule has 0 atom stereocenters. The van der Waals surface area contributed by atoms with E-state index in [0.29, 0.717) is 0 Å². The molecule has 0 aromatic heterocycles. The van der Waals surface area contributed by atoms with Gasteiger partial charge in [0, 0.05) is 11.1 Å². The molecule has 26 heavy (non-hydrogen) atoms. The first-order valence-electron chi connectivity index (χ1n) is 8.19. The normalized spacial score (nSPS) is 8.92. The molecule has 0 amide bonds. The van der Waals surface area contributed by atoms with E-state index in [2.05, 4.69) is 73.1 Å². The number of allylic oxidation sites excluding steroid dienone is 1. The lowest BCUT2D eigenvalue weighted by Crippen LogP contribution is -1.90. The van der Waals surface area contributed by atoms with Crippen molar-refractivity contribution in [2.75, 3.05) is 0 Å². The van der Waals surface area contributed by atoms with Gasteiger partial charge in [0.15, 0.2) is 0 Å². The highest BCUT2D eigenvalue weighted by Crippen LogP contribution is 2.27. The highest BCUT2D eigenvalue weighted by molar-refractivity contribution is 7.78. The standard InChI is InChI=1S/C23H18.CHNS/c1-2-10-20-13-6-8-15-22(20)23-16-9-7-14-21(23)18-17-19-11-4-3-5-12-19;2-1-3/h2-9,11-16H,1,10H2;2H. The summed E-state index contributed by atoms with van der Waals surface area (Å²) in [6, 6.07) is 26.8. The number of nitrogens with one attached hydrogen (secondary N) is 1. The fourth-order valence-electron chi connectivity index (χ4n) is 2.60. The van der Waals surface area contributed by atoms with Crippen LogP contribution < -0.4 is 0 Å². The summed E-state index contributed by atoms with van der Waals surface area (Å²) in [6.45, 7) is 3.86. The highest BCUT2D eigenvalue weighted by Gasteiger charge is 2.06. The predicted molar refractivity (Wildman–Crippen MR) is 114 cm³/mol. The molecule has 0 aliphatic rings. The van der Waals surface area contributed by atoms with Gasteiger partial charge in [-0.05, 0) is 53.5 Å². The molecule has 0 bridgehead atoms. The van der Waals surface area contributed by atoms with Crippen molar-refractivity contribution in [1.29, 1.82) is 5.41 Å². The Morgan fingerprint density at radius 2 is 1.38 bits per heavy atom. The van der Waals surface area contributed by atoms with E-state index in [4.69, 9.17) is 5.41 Å². The smallest absolute Gasteiger partial charge is 0.0554 e. The van der Waals surface area contributed by atoms with Gasteiger partial charge >= 0.3 is 0 Å². The Balaban J connectivity index is 0.000000758. The molecule has 1 N–H and O–H groups in total. The molecule has 126 valence electrons. The van der Waals surface area contributed by atoms with Crippen LogP contribution in [0.2, 0.25) is 0 Å². The van der Waals surface area contributed by atoms with Gasteiger partial charge in [0.25, 0.3) is 0 Å². The zero-order valence-electron chi connectivity index (χ0n) is 14.4. The zero-order valence-corrected chi connectivity index (χ0v) is 15.2. The molecule has 0 unspecified atom stereocenters. The molecule has 3 rings (SSSR count). The summed E-state index contributed by atoms with van der Waals surface area (Å²) in [6.07, 6.45) is 2.80. The molecule has 0 heterocycles. The first kappa shape index (κ1) is 19.1. The van der Waals surface area contributed by atoms with Crippen LogP contribution in [-0.4, -0.2) is 5.16 Å². The summed E-state index contributed by atoms with van der Waals surface area (Å²) < 4.78 is 0. The summed E-state index contributed by atoms with van der Waals surface area (Å²) in [5, 5.41) is 7.36. The number of hydrogen-bond acceptors (Lipinski definition) is 2. The van der Waals surface area contributed by atoms with Crippen LogP contribution in [0.5, 0.6) is 0 Å². The maximum atomic E-state index is 5.77. The first-order valence-corrected chi connectivity index (χ1v) is 8.60. The van der Waals surface area contributed by atoms with E-state index < -0.39 is 0 Å². The number of thiocarbonyl (C=S) groups is 1. The van der Waals surface area contributed by atoms with Gasteiger partial charge in [-0.15, -0.1) is 6.58 Å². The van der Waals surface area contributed by atoms with Crippen LogP contribution in [0.15, 0.2) is 91.5 Å². The van der Waals surface area contributed by atoms with Crippen LogP contribution in [0.4, 0.5) is 0 Å². The molecular formula is C24H19NS. The average molecular weight is 353 g/mol. The molecular weight excluding hydrogens is 334 g/mol. The third-order valence-corrected chi connectivity index (χ3v) is 3.71. The Labute approximate surface area is 160 Å². The number of hydrogen-bond donors (Lipinski definition) is 1. The van der Waals surface area contributed by atoms with Gasteiger partial charge in [0.05, 0.1) is 5.16 Å². The molecule has 0 spiro atoms. The molecule has 1 nitrogen and oxygen atoms in total. The van der Waals surface area contributed by atoms with Gasteiger partial charge in [0.2, 0.25) is 0 Å². The minimum Gasteiger partial charge on any atom is -0.248 e. The van der Waals surface area contributed by atoms with Crippen LogP contribution >= 0.6 is 12.2 Å². The van der Waals surface area contributed by atoms with E-state index in [9.17, 15) is 0 Å². The minimum atomic E-state index is 0.858. The summed E-state index contributed by atoms with van der Waals surface area (Å²) in [4.78, 5) is 0. The van der Waals surface area contributed by atoms with Crippen molar-refractivity contribution in [3.8, 4) is 23.0 Å². The molecule has 0 saturated carbocycles. The van der Waals surface area contributed by atoms with Crippen LogP contribution in [0.3, 0.4) is 0 Å². The second-order valence-electron chi connectivity index (χ2n) is 5.41. The lowest BCUT2D eigenvalue weighted by Gasteiger charge is -2.10. The van der Waals surface area contributed by atoms with E-state index in [0.717, 1.165) is 17.5 Å². The van der Waals surface area contributed by atoms with Gasteiger partial charge in [-0.25, -0.2) is 5.41 Å². The third-order valence-electron chi connectivity index (χ3n) is 3.71. The Morgan fingerprint density at radius 1 is 0.808 bits per heavy atom. The molecule has 2 heteroatoms. The quantitative estimate of drug-likeness (QED) is 0.260. The number of rotatable bonds is 3. The lowest BCUT2D eigenvalue weighted by molar-refractivity contribution is 1.28. The fourth-order valence-corrected chi connectivity index (χ4v) is 2.60. The van der Waals surface area contributed by atoms with Gasteiger partial charge < -0.3 is 0 Å². The lowest BCUT2D eigenvalue weighted by atomic mass is 9.94. The van der Waals surface area contributed by atoms with E-state index in [1.54, 1.807) is 5.16 Å². The Hall–Kier alpha value is -3.24. The molecule has 3 aromatic carbocycles.